The zero-order valence-electron chi connectivity index (χ0n) is 29.8. The Hall–Kier alpha value is -4.00. The standard InChI is InChI=1S/C27H38O4.C12H16O3/c1-10-27(8,9)24(28)29-23(19-11-15-21(16-12-19)30-25(2,3)4)20-13-17-22(18-14-20)31-26(5,6)7;1-4-12(2,3)11(14)15-10-7-5-9(13)6-8-10/h11-18,23H,10H2,1-9H3;5-8,13H,4H2,1-3H3. The number of hydrogen-bond acceptors (Lipinski definition) is 7. The molecule has 0 saturated heterocycles. The molecule has 0 bridgehead atoms. The van der Waals surface area contributed by atoms with Crippen LogP contribution in [0.5, 0.6) is 23.0 Å². The monoisotopic (exact) mass is 634 g/mol. The van der Waals surface area contributed by atoms with Crippen molar-refractivity contribution >= 4 is 11.9 Å². The number of aromatic hydroxyl groups is 1. The Morgan fingerprint density at radius 3 is 1.26 bits per heavy atom. The number of carbonyl (C=O) groups excluding carboxylic acids is 2. The van der Waals surface area contributed by atoms with Crippen LogP contribution in [0.2, 0.25) is 0 Å². The second-order valence-electron chi connectivity index (χ2n) is 14.7. The van der Waals surface area contributed by atoms with Crippen molar-refractivity contribution in [2.45, 2.75) is 113 Å². The van der Waals surface area contributed by atoms with E-state index >= 15 is 0 Å². The lowest BCUT2D eigenvalue weighted by Crippen LogP contribution is -2.28. The van der Waals surface area contributed by atoms with E-state index in [1.54, 1.807) is 12.1 Å². The molecule has 0 aliphatic heterocycles. The van der Waals surface area contributed by atoms with Gasteiger partial charge in [-0.15, -0.1) is 0 Å². The summed E-state index contributed by atoms with van der Waals surface area (Å²) in [5.41, 5.74) is 0.209. The molecule has 0 aliphatic rings. The summed E-state index contributed by atoms with van der Waals surface area (Å²) in [5, 5.41) is 9.06. The summed E-state index contributed by atoms with van der Waals surface area (Å²) in [5.74, 6) is 1.71. The Morgan fingerprint density at radius 2 is 0.913 bits per heavy atom. The van der Waals surface area contributed by atoms with Crippen molar-refractivity contribution in [3.63, 3.8) is 0 Å². The molecule has 0 amide bonds. The van der Waals surface area contributed by atoms with Gasteiger partial charge in [-0.1, -0.05) is 38.1 Å². The zero-order valence-corrected chi connectivity index (χ0v) is 29.8. The van der Waals surface area contributed by atoms with Crippen molar-refractivity contribution in [2.24, 2.45) is 10.8 Å². The molecular weight excluding hydrogens is 580 g/mol. The maximum atomic E-state index is 12.9. The summed E-state index contributed by atoms with van der Waals surface area (Å²) >= 11 is 0. The van der Waals surface area contributed by atoms with E-state index in [9.17, 15) is 9.59 Å². The molecule has 3 aromatic carbocycles. The third kappa shape index (κ3) is 12.4. The molecule has 0 radical (unpaired) electrons. The first-order chi connectivity index (χ1) is 21.2. The molecule has 252 valence electrons. The van der Waals surface area contributed by atoms with Gasteiger partial charge in [0, 0.05) is 0 Å². The fourth-order valence-electron chi connectivity index (χ4n) is 3.77. The number of carbonyl (C=O) groups is 2. The fourth-order valence-corrected chi connectivity index (χ4v) is 3.77. The number of phenolic OH excluding ortho intramolecular Hbond substituents is 1. The third-order valence-corrected chi connectivity index (χ3v) is 7.36. The van der Waals surface area contributed by atoms with Crippen molar-refractivity contribution in [1.82, 2.24) is 0 Å². The number of esters is 2. The summed E-state index contributed by atoms with van der Waals surface area (Å²) in [6.45, 7) is 23.5. The van der Waals surface area contributed by atoms with Crippen LogP contribution in [0.15, 0.2) is 72.8 Å². The van der Waals surface area contributed by atoms with Gasteiger partial charge in [-0.3, -0.25) is 9.59 Å². The Bertz CT molecular complexity index is 1330. The molecule has 3 rings (SSSR count). The van der Waals surface area contributed by atoms with Crippen LogP contribution in [0.4, 0.5) is 0 Å². The minimum atomic E-state index is -0.553. The second-order valence-corrected chi connectivity index (χ2v) is 14.7. The number of ether oxygens (including phenoxy) is 4. The van der Waals surface area contributed by atoms with E-state index in [0.29, 0.717) is 12.2 Å². The maximum Gasteiger partial charge on any atom is 0.316 e. The first-order valence-corrected chi connectivity index (χ1v) is 16.0. The van der Waals surface area contributed by atoms with Crippen LogP contribution >= 0.6 is 0 Å². The Balaban J connectivity index is 0.000000410. The summed E-state index contributed by atoms with van der Waals surface area (Å²) in [6.07, 6.45) is 0.921. The van der Waals surface area contributed by atoms with Gasteiger partial charge in [0.25, 0.3) is 0 Å². The van der Waals surface area contributed by atoms with E-state index < -0.39 is 16.9 Å². The largest absolute Gasteiger partial charge is 0.508 e. The molecule has 0 fully saturated rings. The highest BCUT2D eigenvalue weighted by atomic mass is 16.5. The van der Waals surface area contributed by atoms with Gasteiger partial charge in [-0.25, -0.2) is 0 Å². The molecule has 46 heavy (non-hydrogen) atoms. The van der Waals surface area contributed by atoms with E-state index in [-0.39, 0.29) is 28.9 Å². The van der Waals surface area contributed by atoms with Gasteiger partial charge in [0.2, 0.25) is 0 Å². The molecular formula is C39H54O7. The maximum absolute atomic E-state index is 12.9. The molecule has 3 aromatic rings. The molecule has 1 N–H and O–H groups in total. The van der Waals surface area contributed by atoms with Crippen LogP contribution in [-0.2, 0) is 14.3 Å². The van der Waals surface area contributed by atoms with Crippen LogP contribution in [0, 0.1) is 10.8 Å². The predicted octanol–water partition coefficient (Wildman–Crippen LogP) is 9.84. The zero-order chi connectivity index (χ0) is 34.9. The van der Waals surface area contributed by atoms with Gasteiger partial charge < -0.3 is 24.1 Å². The summed E-state index contributed by atoms with van der Waals surface area (Å²) in [7, 11) is 0. The minimum absolute atomic E-state index is 0.157. The molecule has 0 unspecified atom stereocenters. The highest BCUT2D eigenvalue weighted by Crippen LogP contribution is 2.34. The van der Waals surface area contributed by atoms with Gasteiger partial charge >= 0.3 is 11.9 Å². The van der Waals surface area contributed by atoms with Gasteiger partial charge in [-0.05, 0) is 142 Å². The van der Waals surface area contributed by atoms with E-state index in [1.165, 1.54) is 12.1 Å². The Labute approximate surface area is 276 Å². The topological polar surface area (TPSA) is 91.3 Å². The third-order valence-electron chi connectivity index (χ3n) is 7.36. The van der Waals surface area contributed by atoms with Gasteiger partial charge in [0.1, 0.15) is 34.2 Å². The normalized spacial score (nSPS) is 12.1. The predicted molar refractivity (Wildman–Crippen MR) is 183 cm³/mol. The van der Waals surface area contributed by atoms with E-state index in [2.05, 4.69) is 0 Å². The number of rotatable bonds is 10. The molecule has 0 spiro atoms. The lowest BCUT2D eigenvalue weighted by molar-refractivity contribution is -0.158. The van der Waals surface area contributed by atoms with Crippen LogP contribution in [0.25, 0.3) is 0 Å². The van der Waals surface area contributed by atoms with Crippen LogP contribution < -0.4 is 14.2 Å². The van der Waals surface area contributed by atoms with Crippen LogP contribution in [-0.4, -0.2) is 28.2 Å². The van der Waals surface area contributed by atoms with Gasteiger partial charge in [0.05, 0.1) is 10.8 Å². The second kappa shape index (κ2) is 15.5. The highest BCUT2D eigenvalue weighted by molar-refractivity contribution is 5.78. The first-order valence-electron chi connectivity index (χ1n) is 16.0. The fraction of sp³-hybridized carbons (Fsp3) is 0.487. The van der Waals surface area contributed by atoms with Crippen molar-refractivity contribution in [2.75, 3.05) is 0 Å². The Kier molecular flexibility index (Phi) is 12.9. The molecule has 7 nitrogen and oxygen atoms in total. The highest BCUT2D eigenvalue weighted by Gasteiger charge is 2.31. The molecule has 0 aromatic heterocycles. The van der Waals surface area contributed by atoms with Crippen molar-refractivity contribution in [1.29, 1.82) is 0 Å². The first kappa shape index (κ1) is 38.2. The van der Waals surface area contributed by atoms with Crippen molar-refractivity contribution in [3.8, 4) is 23.0 Å². The molecule has 0 saturated carbocycles. The lowest BCUT2D eigenvalue weighted by atomic mass is 9.90. The molecule has 0 atom stereocenters. The van der Waals surface area contributed by atoms with E-state index in [4.69, 9.17) is 24.1 Å². The number of benzene rings is 3. The van der Waals surface area contributed by atoms with Gasteiger partial charge in [0.15, 0.2) is 6.10 Å². The SMILES string of the molecule is CCC(C)(C)C(=O)OC(c1ccc(OC(C)(C)C)cc1)c1ccc(OC(C)(C)C)cc1.CCC(C)(C)C(=O)Oc1ccc(O)cc1. The summed E-state index contributed by atoms with van der Waals surface area (Å²) < 4.78 is 23.1. The minimum Gasteiger partial charge on any atom is -0.508 e. The van der Waals surface area contributed by atoms with Gasteiger partial charge in [-0.2, -0.15) is 0 Å². The molecule has 7 heteroatoms. The van der Waals surface area contributed by atoms with E-state index in [1.807, 2.05) is 132 Å². The number of phenols is 1. The number of hydrogen-bond donors (Lipinski definition) is 1. The van der Waals surface area contributed by atoms with Crippen molar-refractivity contribution < 1.29 is 33.6 Å². The quantitative estimate of drug-likeness (QED) is 0.175. The average Bonchev–Trinajstić information content (AvgIpc) is 2.96. The lowest BCUT2D eigenvalue weighted by Gasteiger charge is -2.27. The van der Waals surface area contributed by atoms with E-state index in [0.717, 1.165) is 29.0 Å². The smallest absolute Gasteiger partial charge is 0.316 e. The Morgan fingerprint density at radius 1 is 0.565 bits per heavy atom. The summed E-state index contributed by atoms with van der Waals surface area (Å²) in [4.78, 5) is 24.6. The van der Waals surface area contributed by atoms with Crippen LogP contribution in [0.3, 0.4) is 0 Å². The molecule has 0 heterocycles. The molecule has 0 aliphatic carbocycles. The van der Waals surface area contributed by atoms with Crippen LogP contribution in [0.1, 0.15) is 113 Å². The van der Waals surface area contributed by atoms with Crippen molar-refractivity contribution in [3.05, 3.63) is 83.9 Å². The average molecular weight is 635 g/mol. The summed E-state index contributed by atoms with van der Waals surface area (Å²) in [6, 6.07) is 21.6.